The number of nitrogens with zero attached hydrogens (tertiary/aromatic N) is 1. The third kappa shape index (κ3) is 6.41. The largest absolute Gasteiger partial charge is 0.493 e. The average molecular weight is 702 g/mol. The van der Waals surface area contributed by atoms with E-state index in [1.807, 2.05) is 12.1 Å². The Bertz CT molecular complexity index is 1450. The lowest BCUT2D eigenvalue weighted by Gasteiger charge is -2.49. The number of halogens is 2. The van der Waals surface area contributed by atoms with E-state index in [1.165, 1.54) is 6.07 Å². The maximum Gasteiger partial charge on any atom is 0.174 e. The fourth-order valence-corrected chi connectivity index (χ4v) is 7.61. The minimum Gasteiger partial charge on any atom is -0.493 e. The van der Waals surface area contributed by atoms with Crippen molar-refractivity contribution in [3.8, 4) is 11.5 Å². The predicted octanol–water partition coefficient (Wildman–Crippen LogP) is 7.74. The molecule has 0 saturated carbocycles. The van der Waals surface area contributed by atoms with Crippen LogP contribution in [-0.2, 0) is 20.9 Å². The topological polar surface area (TPSA) is 65.1 Å². The van der Waals surface area contributed by atoms with Gasteiger partial charge in [0.1, 0.15) is 12.4 Å². The molecule has 0 unspecified atom stereocenters. The Morgan fingerprint density at radius 2 is 1.53 bits per heavy atom. The lowest BCUT2D eigenvalue weighted by atomic mass is 9.63. The molecule has 0 saturated heterocycles. The zero-order chi connectivity index (χ0) is 31.1. The van der Waals surface area contributed by atoms with E-state index in [1.54, 1.807) is 32.4 Å². The zero-order valence-electron chi connectivity index (χ0n) is 25.9. The first kappa shape index (κ1) is 31.7. The molecule has 0 N–H and O–H groups in total. The number of methoxy groups -OCH3 is 2. The monoisotopic (exact) mass is 701 g/mol. The van der Waals surface area contributed by atoms with Gasteiger partial charge in [-0.05, 0) is 76.4 Å². The molecule has 1 heterocycles. The van der Waals surface area contributed by atoms with Crippen LogP contribution in [0.25, 0.3) is 0 Å². The molecule has 0 spiro atoms. The molecule has 2 aromatic carbocycles. The van der Waals surface area contributed by atoms with Gasteiger partial charge in [0.15, 0.2) is 23.1 Å². The summed E-state index contributed by atoms with van der Waals surface area (Å²) in [7, 11) is 3.27. The van der Waals surface area contributed by atoms with Gasteiger partial charge in [0.2, 0.25) is 0 Å². The van der Waals surface area contributed by atoms with Gasteiger partial charge in [0, 0.05) is 67.1 Å². The summed E-state index contributed by atoms with van der Waals surface area (Å²) in [6.07, 6.45) is 3.14. The van der Waals surface area contributed by atoms with E-state index in [-0.39, 0.29) is 34.8 Å². The second-order valence-electron chi connectivity index (χ2n) is 13.4. The summed E-state index contributed by atoms with van der Waals surface area (Å²) in [6.45, 7) is 9.91. The summed E-state index contributed by atoms with van der Waals surface area (Å²) in [4.78, 5) is 30.4. The van der Waals surface area contributed by atoms with Crippen LogP contribution in [0.3, 0.4) is 0 Å². The van der Waals surface area contributed by atoms with Crippen molar-refractivity contribution in [1.29, 1.82) is 0 Å². The molecular formula is C35H41FINO5. The molecule has 0 fully saturated rings. The summed E-state index contributed by atoms with van der Waals surface area (Å²) in [5, 5.41) is 0. The molecular weight excluding hydrogens is 660 g/mol. The van der Waals surface area contributed by atoms with Gasteiger partial charge in [0.25, 0.3) is 0 Å². The number of hydrogen-bond donors (Lipinski definition) is 0. The van der Waals surface area contributed by atoms with Gasteiger partial charge in [-0.1, -0.05) is 45.9 Å². The summed E-state index contributed by atoms with van der Waals surface area (Å²) in [5.41, 5.74) is 4.40. The Labute approximate surface area is 267 Å². The Balaban J connectivity index is 1.65. The number of carbonyl (C=O) groups is 2. The molecule has 1 aliphatic heterocycles. The SMILES string of the molecule is COCCCN1C2=C(C(=O)CC(C)(C)C2)C(c2cc(I)c(OCc3ccccc3F)c(OC)c2)C2=C1CC(C)(C)CC2=O. The predicted molar refractivity (Wildman–Crippen MR) is 172 cm³/mol. The van der Waals surface area contributed by atoms with Crippen molar-refractivity contribution >= 4 is 34.2 Å². The number of allylic oxidation sites excluding steroid dienone is 4. The van der Waals surface area contributed by atoms with Crippen molar-refractivity contribution in [2.24, 2.45) is 10.8 Å². The molecule has 0 bridgehead atoms. The molecule has 2 aliphatic carbocycles. The van der Waals surface area contributed by atoms with Gasteiger partial charge in [-0.25, -0.2) is 4.39 Å². The highest BCUT2D eigenvalue weighted by Gasteiger charge is 2.49. The number of ether oxygens (including phenoxy) is 3. The Morgan fingerprint density at radius 1 is 0.930 bits per heavy atom. The first-order valence-corrected chi connectivity index (χ1v) is 16.0. The second kappa shape index (κ2) is 12.3. The van der Waals surface area contributed by atoms with E-state index < -0.39 is 5.92 Å². The lowest BCUT2D eigenvalue weighted by molar-refractivity contribution is -0.119. The van der Waals surface area contributed by atoms with Crippen LogP contribution in [0.2, 0.25) is 0 Å². The molecule has 0 atom stereocenters. The first-order valence-electron chi connectivity index (χ1n) is 14.9. The van der Waals surface area contributed by atoms with Crippen molar-refractivity contribution in [3.63, 3.8) is 0 Å². The number of carbonyl (C=O) groups excluding carboxylic acids is 2. The van der Waals surface area contributed by atoms with Gasteiger partial charge in [-0.3, -0.25) is 9.59 Å². The highest BCUT2D eigenvalue weighted by Crippen LogP contribution is 2.55. The van der Waals surface area contributed by atoms with E-state index >= 15 is 0 Å². The zero-order valence-corrected chi connectivity index (χ0v) is 28.1. The number of hydrogen-bond acceptors (Lipinski definition) is 6. The van der Waals surface area contributed by atoms with Crippen LogP contribution in [0.15, 0.2) is 58.9 Å². The second-order valence-corrected chi connectivity index (χ2v) is 14.6. The van der Waals surface area contributed by atoms with Gasteiger partial charge >= 0.3 is 0 Å². The van der Waals surface area contributed by atoms with Crippen molar-refractivity contribution in [3.05, 3.63) is 79.5 Å². The minimum absolute atomic E-state index is 0.0456. The van der Waals surface area contributed by atoms with Crippen LogP contribution in [-0.4, -0.2) is 43.8 Å². The maximum atomic E-state index is 14.3. The average Bonchev–Trinajstić information content (AvgIpc) is 2.92. The minimum atomic E-state index is -0.487. The van der Waals surface area contributed by atoms with E-state index in [9.17, 15) is 14.0 Å². The molecule has 0 aromatic heterocycles. The van der Waals surface area contributed by atoms with Crippen molar-refractivity contribution < 1.29 is 28.2 Å². The van der Waals surface area contributed by atoms with Crippen LogP contribution >= 0.6 is 22.6 Å². The Hall–Kier alpha value is -2.72. The highest BCUT2D eigenvalue weighted by molar-refractivity contribution is 14.1. The third-order valence-electron chi connectivity index (χ3n) is 8.67. The van der Waals surface area contributed by atoms with Gasteiger partial charge in [-0.2, -0.15) is 0 Å². The van der Waals surface area contributed by atoms with E-state index in [0.717, 1.165) is 50.9 Å². The van der Waals surface area contributed by atoms with Crippen LogP contribution in [0.5, 0.6) is 11.5 Å². The standard InChI is InChI=1S/C35H41FINO5/c1-34(2)16-25-31(27(39)18-34)30(32-26(38(25)12-9-13-41-5)17-35(3,4)19-28(32)40)22-14-24(37)33(29(15-22)42-6)43-20-21-10-7-8-11-23(21)36/h7-8,10-11,14-15,30H,9,12-13,16-20H2,1-6H3. The fraction of sp³-hybridized carbons (Fsp3) is 0.486. The smallest absolute Gasteiger partial charge is 0.174 e. The quantitative estimate of drug-likeness (QED) is 0.197. The molecule has 230 valence electrons. The summed E-state index contributed by atoms with van der Waals surface area (Å²) in [6, 6.07) is 10.4. The highest BCUT2D eigenvalue weighted by atomic mass is 127. The number of benzene rings is 2. The maximum absolute atomic E-state index is 14.3. The number of Topliss-reactive ketones (excluding diaryl/α,β-unsaturated/α-hetero) is 2. The Kier molecular flexibility index (Phi) is 9.10. The van der Waals surface area contributed by atoms with Gasteiger partial charge < -0.3 is 19.1 Å². The van der Waals surface area contributed by atoms with Crippen molar-refractivity contribution in [2.45, 2.75) is 72.3 Å². The molecule has 5 rings (SSSR count). The van der Waals surface area contributed by atoms with Gasteiger partial charge in [-0.15, -0.1) is 0 Å². The van der Waals surface area contributed by atoms with Crippen LogP contribution < -0.4 is 9.47 Å². The van der Waals surface area contributed by atoms with E-state index in [2.05, 4.69) is 55.2 Å². The van der Waals surface area contributed by atoms with Crippen molar-refractivity contribution in [2.75, 3.05) is 27.4 Å². The number of rotatable bonds is 9. The molecule has 6 nitrogen and oxygen atoms in total. The molecule has 8 heteroatoms. The molecule has 2 aromatic rings. The molecule has 0 radical (unpaired) electrons. The summed E-state index contributed by atoms with van der Waals surface area (Å²) >= 11 is 2.20. The van der Waals surface area contributed by atoms with Crippen molar-refractivity contribution in [1.82, 2.24) is 4.90 Å². The van der Waals surface area contributed by atoms with Gasteiger partial charge in [0.05, 0.1) is 10.7 Å². The molecule has 3 aliphatic rings. The summed E-state index contributed by atoms with van der Waals surface area (Å²) < 4.78 is 32.4. The fourth-order valence-electron chi connectivity index (χ4n) is 6.83. The summed E-state index contributed by atoms with van der Waals surface area (Å²) in [5.74, 6) is 0.345. The molecule has 43 heavy (non-hydrogen) atoms. The third-order valence-corrected chi connectivity index (χ3v) is 9.47. The lowest BCUT2D eigenvalue weighted by Crippen LogP contribution is -2.44. The Morgan fingerprint density at radius 3 is 2.09 bits per heavy atom. The number of ketones is 2. The van der Waals surface area contributed by atoms with Crippen LogP contribution in [0.1, 0.15) is 76.8 Å². The first-order chi connectivity index (χ1) is 20.4. The molecule has 0 amide bonds. The van der Waals surface area contributed by atoms with E-state index in [4.69, 9.17) is 14.2 Å². The normalized spacial score (nSPS) is 19.9. The van der Waals surface area contributed by atoms with E-state index in [0.29, 0.717) is 43.1 Å². The van der Waals surface area contributed by atoms with Crippen LogP contribution in [0.4, 0.5) is 4.39 Å². The van der Waals surface area contributed by atoms with Crippen LogP contribution in [0, 0.1) is 20.2 Å².